The third kappa shape index (κ3) is 4.55. The standard InChI is InChI=1S/C19H22O2/c1-3-20-19(21-4-2)15-18(16-11-7-5-8-12-16)17-13-9-6-10-14-17/h5-15,19H,3-4H2,1-2H3. The Hall–Kier alpha value is -1.90. The second kappa shape index (κ2) is 8.40. The van der Waals surface area contributed by atoms with E-state index in [0.29, 0.717) is 13.2 Å². The summed E-state index contributed by atoms with van der Waals surface area (Å²) in [6.45, 7) is 5.20. The van der Waals surface area contributed by atoms with E-state index in [4.69, 9.17) is 9.47 Å². The summed E-state index contributed by atoms with van der Waals surface area (Å²) in [7, 11) is 0. The number of hydrogen-bond donors (Lipinski definition) is 0. The van der Waals surface area contributed by atoms with Crippen LogP contribution in [0.3, 0.4) is 0 Å². The first-order chi connectivity index (χ1) is 10.3. The maximum atomic E-state index is 5.66. The topological polar surface area (TPSA) is 18.5 Å². The molecule has 2 heteroatoms. The zero-order valence-electron chi connectivity index (χ0n) is 12.7. The van der Waals surface area contributed by atoms with E-state index < -0.39 is 0 Å². The predicted molar refractivity (Wildman–Crippen MR) is 87.0 cm³/mol. The lowest BCUT2D eigenvalue weighted by Gasteiger charge is -2.16. The van der Waals surface area contributed by atoms with Crippen LogP contribution in [0.4, 0.5) is 0 Å². The number of hydrogen-bond acceptors (Lipinski definition) is 2. The fourth-order valence-corrected chi connectivity index (χ4v) is 2.20. The fourth-order valence-electron chi connectivity index (χ4n) is 2.20. The second-order valence-electron chi connectivity index (χ2n) is 4.59. The van der Waals surface area contributed by atoms with Crippen LogP contribution in [-0.4, -0.2) is 19.5 Å². The van der Waals surface area contributed by atoms with Gasteiger partial charge in [0.05, 0.1) is 0 Å². The summed E-state index contributed by atoms with van der Waals surface area (Å²) in [6, 6.07) is 20.6. The minimum Gasteiger partial charge on any atom is -0.349 e. The van der Waals surface area contributed by atoms with E-state index in [1.807, 2.05) is 50.2 Å². The molecule has 0 aliphatic carbocycles. The highest BCUT2D eigenvalue weighted by atomic mass is 16.7. The van der Waals surface area contributed by atoms with Crippen molar-refractivity contribution >= 4 is 5.57 Å². The Kier molecular flexibility index (Phi) is 6.20. The maximum absolute atomic E-state index is 5.66. The highest BCUT2D eigenvalue weighted by molar-refractivity contribution is 5.79. The molecule has 2 aromatic carbocycles. The molecule has 110 valence electrons. The first-order valence-corrected chi connectivity index (χ1v) is 7.41. The molecule has 0 aromatic heterocycles. The van der Waals surface area contributed by atoms with Gasteiger partial charge in [-0.05, 0) is 36.6 Å². The smallest absolute Gasteiger partial charge is 0.177 e. The summed E-state index contributed by atoms with van der Waals surface area (Å²) in [5, 5.41) is 0. The minimum atomic E-state index is -0.324. The van der Waals surface area contributed by atoms with E-state index in [1.165, 1.54) is 0 Å². The molecule has 0 unspecified atom stereocenters. The molecule has 2 nitrogen and oxygen atoms in total. The van der Waals surface area contributed by atoms with Gasteiger partial charge in [-0.1, -0.05) is 60.7 Å². The van der Waals surface area contributed by atoms with E-state index in [9.17, 15) is 0 Å². The maximum Gasteiger partial charge on any atom is 0.177 e. The lowest BCUT2D eigenvalue weighted by molar-refractivity contribution is -0.103. The van der Waals surface area contributed by atoms with Crippen molar-refractivity contribution < 1.29 is 9.47 Å². The van der Waals surface area contributed by atoms with Crippen LogP contribution in [0.1, 0.15) is 25.0 Å². The third-order valence-corrected chi connectivity index (χ3v) is 3.13. The van der Waals surface area contributed by atoms with Crippen LogP contribution in [0.2, 0.25) is 0 Å². The molecule has 21 heavy (non-hydrogen) atoms. The second-order valence-corrected chi connectivity index (χ2v) is 4.59. The van der Waals surface area contributed by atoms with E-state index in [2.05, 4.69) is 30.3 Å². The van der Waals surface area contributed by atoms with Gasteiger partial charge in [0.15, 0.2) is 6.29 Å². The van der Waals surface area contributed by atoms with Crippen LogP contribution in [0.5, 0.6) is 0 Å². The Balaban J connectivity index is 2.40. The van der Waals surface area contributed by atoms with Gasteiger partial charge >= 0.3 is 0 Å². The summed E-state index contributed by atoms with van der Waals surface area (Å²) in [5.74, 6) is 0. The van der Waals surface area contributed by atoms with E-state index >= 15 is 0 Å². The Morgan fingerprint density at radius 2 is 1.24 bits per heavy atom. The van der Waals surface area contributed by atoms with E-state index in [1.54, 1.807) is 0 Å². The van der Waals surface area contributed by atoms with Gasteiger partial charge in [-0.15, -0.1) is 0 Å². The monoisotopic (exact) mass is 282 g/mol. The van der Waals surface area contributed by atoms with Crippen molar-refractivity contribution in [1.29, 1.82) is 0 Å². The summed E-state index contributed by atoms with van der Waals surface area (Å²) in [5.41, 5.74) is 3.45. The molecule has 0 bridgehead atoms. The first-order valence-electron chi connectivity index (χ1n) is 7.41. The van der Waals surface area contributed by atoms with Crippen molar-refractivity contribution in [3.63, 3.8) is 0 Å². The number of benzene rings is 2. The Bertz CT molecular complexity index is 499. The summed E-state index contributed by atoms with van der Waals surface area (Å²) in [6.07, 6.45) is 1.73. The van der Waals surface area contributed by atoms with Crippen LogP contribution < -0.4 is 0 Å². The van der Waals surface area contributed by atoms with Crippen molar-refractivity contribution in [2.45, 2.75) is 20.1 Å². The van der Waals surface area contributed by atoms with Crippen molar-refractivity contribution in [3.8, 4) is 0 Å². The van der Waals surface area contributed by atoms with Gasteiger partial charge < -0.3 is 9.47 Å². The molecule has 0 saturated carbocycles. The van der Waals surface area contributed by atoms with E-state index in [0.717, 1.165) is 16.7 Å². The molecule has 0 atom stereocenters. The van der Waals surface area contributed by atoms with Crippen molar-refractivity contribution in [2.75, 3.05) is 13.2 Å². The predicted octanol–water partition coefficient (Wildman–Crippen LogP) is 4.52. The lowest BCUT2D eigenvalue weighted by atomic mass is 9.97. The molecule has 0 radical (unpaired) electrons. The number of ether oxygens (including phenoxy) is 2. The van der Waals surface area contributed by atoms with Crippen LogP contribution in [0.25, 0.3) is 5.57 Å². The average molecular weight is 282 g/mol. The summed E-state index contributed by atoms with van der Waals surface area (Å²) < 4.78 is 11.3. The normalized spacial score (nSPS) is 10.6. The first kappa shape index (κ1) is 15.5. The van der Waals surface area contributed by atoms with Gasteiger partial charge in [0.25, 0.3) is 0 Å². The summed E-state index contributed by atoms with van der Waals surface area (Å²) >= 11 is 0. The van der Waals surface area contributed by atoms with Gasteiger partial charge in [0.1, 0.15) is 0 Å². The Morgan fingerprint density at radius 3 is 1.62 bits per heavy atom. The molecule has 0 aliphatic rings. The van der Waals surface area contributed by atoms with Gasteiger partial charge in [-0.25, -0.2) is 0 Å². The molecule has 0 saturated heterocycles. The fraction of sp³-hybridized carbons (Fsp3) is 0.263. The van der Waals surface area contributed by atoms with Crippen LogP contribution in [0.15, 0.2) is 66.7 Å². The Labute approximate surface area is 127 Å². The van der Waals surface area contributed by atoms with Gasteiger partial charge in [-0.2, -0.15) is 0 Å². The molecule has 0 N–H and O–H groups in total. The molecule has 0 aliphatic heterocycles. The van der Waals surface area contributed by atoms with Crippen molar-refractivity contribution in [3.05, 3.63) is 77.9 Å². The largest absolute Gasteiger partial charge is 0.349 e. The Morgan fingerprint density at radius 1 is 0.810 bits per heavy atom. The molecule has 2 rings (SSSR count). The molecule has 0 amide bonds. The lowest BCUT2D eigenvalue weighted by Crippen LogP contribution is -2.15. The molecule has 0 spiro atoms. The molecule has 2 aromatic rings. The zero-order chi connectivity index (χ0) is 14.9. The van der Waals surface area contributed by atoms with Crippen molar-refractivity contribution in [1.82, 2.24) is 0 Å². The van der Waals surface area contributed by atoms with Crippen LogP contribution in [0, 0.1) is 0 Å². The van der Waals surface area contributed by atoms with E-state index in [-0.39, 0.29) is 6.29 Å². The molecular formula is C19H22O2. The average Bonchev–Trinajstić information content (AvgIpc) is 2.54. The third-order valence-electron chi connectivity index (χ3n) is 3.13. The van der Waals surface area contributed by atoms with Crippen LogP contribution in [-0.2, 0) is 9.47 Å². The zero-order valence-corrected chi connectivity index (χ0v) is 12.7. The van der Waals surface area contributed by atoms with Crippen molar-refractivity contribution in [2.24, 2.45) is 0 Å². The minimum absolute atomic E-state index is 0.324. The quantitative estimate of drug-likeness (QED) is 0.695. The molecule has 0 fully saturated rings. The highest BCUT2D eigenvalue weighted by Crippen LogP contribution is 2.24. The van der Waals surface area contributed by atoms with Gasteiger partial charge in [0.2, 0.25) is 0 Å². The van der Waals surface area contributed by atoms with Gasteiger partial charge in [-0.3, -0.25) is 0 Å². The number of rotatable bonds is 7. The summed E-state index contributed by atoms with van der Waals surface area (Å²) in [4.78, 5) is 0. The SMILES string of the molecule is CCOC(C=C(c1ccccc1)c1ccccc1)OCC. The van der Waals surface area contributed by atoms with Gasteiger partial charge in [0, 0.05) is 13.2 Å². The molecular weight excluding hydrogens is 260 g/mol. The molecule has 0 heterocycles. The highest BCUT2D eigenvalue weighted by Gasteiger charge is 2.10. The van der Waals surface area contributed by atoms with Crippen LogP contribution >= 0.6 is 0 Å².